The molecule has 0 bridgehead atoms. The number of aliphatic hydroxyl groups is 1. The van der Waals surface area contributed by atoms with Crippen molar-refractivity contribution in [2.75, 3.05) is 13.7 Å². The van der Waals surface area contributed by atoms with Gasteiger partial charge < -0.3 is 20.3 Å². The van der Waals surface area contributed by atoms with Crippen LogP contribution in [0.25, 0.3) is 0 Å². The third-order valence-corrected chi connectivity index (χ3v) is 2.51. The van der Waals surface area contributed by atoms with E-state index in [1.165, 1.54) is 0 Å². The van der Waals surface area contributed by atoms with Gasteiger partial charge in [-0.05, 0) is 38.0 Å². The molecular formula is C13H22ClNO3. The highest BCUT2D eigenvalue weighted by atomic mass is 35.5. The van der Waals surface area contributed by atoms with Gasteiger partial charge in [0.2, 0.25) is 0 Å². The van der Waals surface area contributed by atoms with Crippen LogP contribution in [0.2, 0.25) is 0 Å². The molecule has 0 heterocycles. The average Bonchev–Trinajstić information content (AvgIpc) is 2.28. The largest absolute Gasteiger partial charge is 0.493 e. The Morgan fingerprint density at radius 3 is 2.50 bits per heavy atom. The quantitative estimate of drug-likeness (QED) is 0.836. The third kappa shape index (κ3) is 4.72. The van der Waals surface area contributed by atoms with Gasteiger partial charge in [-0.3, -0.25) is 0 Å². The molecule has 0 aliphatic heterocycles. The van der Waals surface area contributed by atoms with Gasteiger partial charge in [-0.1, -0.05) is 6.07 Å². The van der Waals surface area contributed by atoms with E-state index in [2.05, 4.69) is 0 Å². The smallest absolute Gasteiger partial charge is 0.161 e. The molecule has 1 rings (SSSR count). The second-order valence-corrected chi connectivity index (χ2v) is 4.03. The van der Waals surface area contributed by atoms with E-state index in [1.54, 1.807) is 14.0 Å². The first-order valence-corrected chi connectivity index (χ1v) is 5.82. The van der Waals surface area contributed by atoms with Crippen molar-refractivity contribution in [3.8, 4) is 11.5 Å². The van der Waals surface area contributed by atoms with E-state index in [4.69, 9.17) is 15.2 Å². The van der Waals surface area contributed by atoms with Crippen LogP contribution in [-0.2, 0) is 0 Å². The van der Waals surface area contributed by atoms with E-state index in [0.29, 0.717) is 24.5 Å². The zero-order valence-corrected chi connectivity index (χ0v) is 11.9. The number of halogens is 1. The summed E-state index contributed by atoms with van der Waals surface area (Å²) in [5.74, 6) is 1.38. The van der Waals surface area contributed by atoms with Gasteiger partial charge in [0.05, 0.1) is 19.8 Å². The fraction of sp³-hybridized carbons (Fsp3) is 0.538. The second-order valence-electron chi connectivity index (χ2n) is 4.03. The monoisotopic (exact) mass is 275 g/mol. The van der Waals surface area contributed by atoms with Crippen molar-refractivity contribution in [1.29, 1.82) is 0 Å². The Morgan fingerprint density at radius 1 is 1.33 bits per heavy atom. The summed E-state index contributed by atoms with van der Waals surface area (Å²) in [5, 5.41) is 9.32. The van der Waals surface area contributed by atoms with Crippen LogP contribution < -0.4 is 15.2 Å². The molecule has 0 amide bonds. The molecule has 0 saturated heterocycles. The van der Waals surface area contributed by atoms with Gasteiger partial charge in [0.25, 0.3) is 0 Å². The standard InChI is InChI=1S/C13H21NO3.ClH/c1-4-17-13-8-10(5-6-12(13)16-3)11(14)7-9(2)15;/h5-6,8-9,11,15H,4,7,14H2,1-3H3;1H/t9?,11-;/m1./s1. The lowest BCUT2D eigenvalue weighted by Gasteiger charge is -2.16. The lowest BCUT2D eigenvalue weighted by atomic mass is 10.0. The van der Waals surface area contributed by atoms with Gasteiger partial charge >= 0.3 is 0 Å². The van der Waals surface area contributed by atoms with Crippen molar-refractivity contribution in [1.82, 2.24) is 0 Å². The highest BCUT2D eigenvalue weighted by Gasteiger charge is 2.12. The van der Waals surface area contributed by atoms with E-state index in [9.17, 15) is 5.11 Å². The van der Waals surface area contributed by atoms with Crippen molar-refractivity contribution in [2.24, 2.45) is 5.73 Å². The number of rotatable bonds is 6. The Labute approximate surface area is 115 Å². The predicted octanol–water partition coefficient (Wildman–Crippen LogP) is 2.29. The van der Waals surface area contributed by atoms with Gasteiger partial charge in [0.15, 0.2) is 11.5 Å². The van der Waals surface area contributed by atoms with Crippen LogP contribution in [-0.4, -0.2) is 24.9 Å². The summed E-state index contributed by atoms with van der Waals surface area (Å²) in [4.78, 5) is 0. The minimum absolute atomic E-state index is 0. The fourth-order valence-electron chi connectivity index (χ4n) is 1.70. The summed E-state index contributed by atoms with van der Waals surface area (Å²) in [6.45, 7) is 4.22. The number of methoxy groups -OCH3 is 1. The highest BCUT2D eigenvalue weighted by Crippen LogP contribution is 2.30. The zero-order valence-electron chi connectivity index (χ0n) is 11.1. The SMILES string of the molecule is CCOc1cc([C@H](N)CC(C)O)ccc1OC.Cl. The fourth-order valence-corrected chi connectivity index (χ4v) is 1.70. The molecule has 0 aromatic heterocycles. The molecule has 104 valence electrons. The molecule has 1 unspecified atom stereocenters. The van der Waals surface area contributed by atoms with Gasteiger partial charge in [-0.25, -0.2) is 0 Å². The molecule has 2 atom stereocenters. The zero-order chi connectivity index (χ0) is 12.8. The first-order chi connectivity index (χ1) is 8.08. The molecule has 3 N–H and O–H groups in total. The third-order valence-electron chi connectivity index (χ3n) is 2.51. The number of hydrogen-bond acceptors (Lipinski definition) is 4. The maximum absolute atomic E-state index is 9.32. The first kappa shape index (κ1) is 17.0. The summed E-state index contributed by atoms with van der Waals surface area (Å²) in [7, 11) is 1.60. The molecule has 0 fully saturated rings. The van der Waals surface area contributed by atoms with Crippen LogP contribution in [0.4, 0.5) is 0 Å². The number of aliphatic hydroxyl groups excluding tert-OH is 1. The lowest BCUT2D eigenvalue weighted by Crippen LogP contribution is -2.16. The van der Waals surface area contributed by atoms with E-state index in [-0.39, 0.29) is 18.4 Å². The van der Waals surface area contributed by atoms with Crippen LogP contribution >= 0.6 is 12.4 Å². The van der Waals surface area contributed by atoms with Crippen LogP contribution in [0.3, 0.4) is 0 Å². The number of hydrogen-bond donors (Lipinski definition) is 2. The molecule has 5 heteroatoms. The first-order valence-electron chi connectivity index (χ1n) is 5.82. The van der Waals surface area contributed by atoms with Gasteiger partial charge in [-0.2, -0.15) is 0 Å². The minimum atomic E-state index is -0.414. The Bertz CT molecular complexity index is 358. The summed E-state index contributed by atoms with van der Waals surface area (Å²) in [6.07, 6.45) is 0.111. The molecule has 18 heavy (non-hydrogen) atoms. The summed E-state index contributed by atoms with van der Waals surface area (Å²) in [5.41, 5.74) is 6.94. The Morgan fingerprint density at radius 2 is 2.00 bits per heavy atom. The molecular weight excluding hydrogens is 254 g/mol. The van der Waals surface area contributed by atoms with Gasteiger partial charge in [0, 0.05) is 6.04 Å². The van der Waals surface area contributed by atoms with E-state index in [1.807, 2.05) is 25.1 Å². The molecule has 0 spiro atoms. The van der Waals surface area contributed by atoms with Crippen molar-refractivity contribution in [2.45, 2.75) is 32.4 Å². The lowest BCUT2D eigenvalue weighted by molar-refractivity contribution is 0.175. The van der Waals surface area contributed by atoms with Crippen LogP contribution in [0.15, 0.2) is 18.2 Å². The summed E-state index contributed by atoms with van der Waals surface area (Å²) < 4.78 is 10.7. The summed E-state index contributed by atoms with van der Waals surface area (Å²) >= 11 is 0. The molecule has 0 radical (unpaired) electrons. The minimum Gasteiger partial charge on any atom is -0.493 e. The Kier molecular flexibility index (Phi) is 7.75. The molecule has 0 saturated carbocycles. The van der Waals surface area contributed by atoms with Crippen LogP contribution in [0, 0.1) is 0 Å². The second kappa shape index (κ2) is 8.19. The van der Waals surface area contributed by atoms with Crippen LogP contribution in [0.5, 0.6) is 11.5 Å². The topological polar surface area (TPSA) is 64.7 Å². The van der Waals surface area contributed by atoms with Crippen LogP contribution in [0.1, 0.15) is 31.9 Å². The van der Waals surface area contributed by atoms with Crippen molar-refractivity contribution >= 4 is 12.4 Å². The van der Waals surface area contributed by atoms with Gasteiger partial charge in [-0.15, -0.1) is 12.4 Å². The number of benzene rings is 1. The predicted molar refractivity (Wildman–Crippen MR) is 74.6 cm³/mol. The van der Waals surface area contributed by atoms with Crippen molar-refractivity contribution in [3.05, 3.63) is 23.8 Å². The highest BCUT2D eigenvalue weighted by molar-refractivity contribution is 5.85. The number of ether oxygens (including phenoxy) is 2. The van der Waals surface area contributed by atoms with E-state index >= 15 is 0 Å². The Balaban J connectivity index is 0.00000289. The number of nitrogens with two attached hydrogens (primary N) is 1. The molecule has 0 aliphatic rings. The van der Waals surface area contributed by atoms with E-state index < -0.39 is 6.10 Å². The van der Waals surface area contributed by atoms with E-state index in [0.717, 1.165) is 5.56 Å². The normalized spacial score (nSPS) is 13.4. The summed E-state index contributed by atoms with van der Waals surface area (Å²) in [6, 6.07) is 5.41. The molecule has 1 aromatic rings. The Hall–Kier alpha value is -0.970. The van der Waals surface area contributed by atoms with Crippen molar-refractivity contribution in [3.63, 3.8) is 0 Å². The molecule has 1 aromatic carbocycles. The van der Waals surface area contributed by atoms with Crippen molar-refractivity contribution < 1.29 is 14.6 Å². The molecule has 0 aliphatic carbocycles. The molecule has 4 nitrogen and oxygen atoms in total. The van der Waals surface area contributed by atoms with Gasteiger partial charge in [0.1, 0.15) is 0 Å². The maximum atomic E-state index is 9.32. The maximum Gasteiger partial charge on any atom is 0.161 e. The average molecular weight is 276 g/mol.